The topological polar surface area (TPSA) is 12.9 Å². The molecule has 1 aromatic heterocycles. The predicted octanol–water partition coefficient (Wildman–Crippen LogP) is 1.68. The molecule has 0 aliphatic heterocycles. The molecule has 1 aromatic rings. The van der Waals surface area contributed by atoms with Gasteiger partial charge in [-0.3, -0.25) is 0 Å². The molecule has 42 valence electrons. The predicted molar refractivity (Wildman–Crippen MR) is 24.7 cm³/mol. The van der Waals surface area contributed by atoms with Gasteiger partial charge in [-0.2, -0.15) is 0 Å². The van der Waals surface area contributed by atoms with E-state index < -0.39 is 6.43 Å². The number of hydrogen-bond acceptors (Lipinski definition) is 2. The van der Waals surface area contributed by atoms with Crippen molar-refractivity contribution < 1.29 is 8.78 Å². The van der Waals surface area contributed by atoms with Gasteiger partial charge < -0.3 is 0 Å². The number of nitrogens with zero attached hydrogens (tertiary/aromatic N) is 1. The summed E-state index contributed by atoms with van der Waals surface area (Å²) in [6, 6.07) is 0. The Morgan fingerprint density at radius 3 is 2.62 bits per heavy atom. The largest absolute Gasteiger partial charge is 0.275 e. The number of alkyl halides is 2. The van der Waals surface area contributed by atoms with Gasteiger partial charge in [-0.1, -0.05) is 0 Å². The molecule has 0 bridgehead atoms. The van der Waals surface area contributed by atoms with Crippen molar-refractivity contribution >= 4 is 11.3 Å². The molecule has 1 nitrogen and oxygen atoms in total. The first kappa shape index (κ1) is 5.62. The van der Waals surface area contributed by atoms with Gasteiger partial charge in [0, 0.05) is 0 Å². The van der Waals surface area contributed by atoms with Gasteiger partial charge in [-0.15, -0.1) is 11.3 Å². The summed E-state index contributed by atoms with van der Waals surface area (Å²) in [5.74, 6) is 0. The summed E-state index contributed by atoms with van der Waals surface area (Å²) in [6.45, 7) is 0. The Morgan fingerprint density at radius 2 is 2.38 bits per heavy atom. The molecule has 0 aromatic carbocycles. The van der Waals surface area contributed by atoms with Crippen LogP contribution in [-0.2, 0) is 0 Å². The molecule has 0 saturated heterocycles. The number of aromatic nitrogens is 1. The van der Waals surface area contributed by atoms with Crippen LogP contribution in [-0.4, -0.2) is 4.98 Å². The lowest BCUT2D eigenvalue weighted by Gasteiger charge is -1.85. The van der Waals surface area contributed by atoms with Crippen molar-refractivity contribution in [2.75, 3.05) is 0 Å². The molecule has 0 unspecified atom stereocenters. The van der Waals surface area contributed by atoms with Gasteiger partial charge in [0.2, 0.25) is 0 Å². The lowest BCUT2D eigenvalue weighted by molar-refractivity contribution is 0.155. The zero-order valence-electron chi connectivity index (χ0n) is 3.69. The van der Waals surface area contributed by atoms with E-state index in [0.29, 0.717) is 0 Å². The van der Waals surface area contributed by atoms with E-state index in [0.717, 1.165) is 11.3 Å². The van der Waals surface area contributed by atoms with Crippen LogP contribution >= 0.6 is 11.3 Å². The Bertz CT molecular complexity index is 149. The molecular weight excluding hydrogens is 132 g/mol. The lowest BCUT2D eigenvalue weighted by Crippen LogP contribution is -1.73. The number of rotatable bonds is 1. The number of halogens is 2. The van der Waals surface area contributed by atoms with Crippen molar-refractivity contribution in [2.45, 2.75) is 6.43 Å². The van der Waals surface area contributed by atoms with Crippen molar-refractivity contribution in [3.05, 3.63) is 16.6 Å². The molecule has 0 saturated carbocycles. The van der Waals surface area contributed by atoms with E-state index in [9.17, 15) is 8.78 Å². The van der Waals surface area contributed by atoms with Crippen LogP contribution in [0.1, 0.15) is 11.3 Å². The molecule has 0 atom stereocenters. The minimum Gasteiger partial charge on any atom is -0.231 e. The summed E-state index contributed by atoms with van der Waals surface area (Å²) in [6.07, 6.45) is -0.346. The van der Waals surface area contributed by atoms with Crippen LogP contribution in [0.3, 0.4) is 0 Å². The van der Waals surface area contributed by atoms with E-state index in [1.54, 1.807) is 0 Å². The second kappa shape index (κ2) is 2.17. The minimum absolute atomic E-state index is 0.148. The monoisotopic (exact) mass is 133 g/mol. The van der Waals surface area contributed by atoms with Crippen molar-refractivity contribution in [1.29, 1.82) is 0 Å². The summed E-state index contributed by atoms with van der Waals surface area (Å²) in [7, 11) is 0. The Hall–Kier alpha value is -0.510. The zero-order chi connectivity index (χ0) is 5.98. The summed E-state index contributed by atoms with van der Waals surface area (Å²) >= 11 is 0.789. The average molecular weight is 133 g/mol. The Balaban J connectivity index is 2.77. The minimum atomic E-state index is -2.45. The van der Waals surface area contributed by atoms with Gasteiger partial charge in [-0.25, -0.2) is 13.8 Å². The standard InChI is InChI=1S/C4HF2NS/c5-4(6)3-1-7-2-8-3/h4H. The van der Waals surface area contributed by atoms with Gasteiger partial charge in [-0.05, 0) is 0 Å². The van der Waals surface area contributed by atoms with Crippen LogP contribution in [0.4, 0.5) is 8.78 Å². The second-order valence-corrected chi connectivity index (χ2v) is 1.91. The molecule has 1 heterocycles. The van der Waals surface area contributed by atoms with E-state index in [4.69, 9.17) is 0 Å². The first-order valence-electron chi connectivity index (χ1n) is 1.83. The first-order chi connectivity index (χ1) is 3.80. The van der Waals surface area contributed by atoms with Gasteiger partial charge in [0.05, 0.1) is 0 Å². The molecule has 0 aliphatic carbocycles. The summed E-state index contributed by atoms with van der Waals surface area (Å²) in [5.41, 5.74) is 2.27. The second-order valence-electron chi connectivity index (χ2n) is 1.08. The van der Waals surface area contributed by atoms with E-state index >= 15 is 0 Å². The van der Waals surface area contributed by atoms with E-state index in [-0.39, 0.29) is 4.88 Å². The van der Waals surface area contributed by atoms with E-state index in [1.165, 1.54) is 0 Å². The van der Waals surface area contributed by atoms with Crippen molar-refractivity contribution in [2.24, 2.45) is 0 Å². The normalized spacial score (nSPS) is 10.4. The molecule has 0 N–H and O–H groups in total. The Kier molecular flexibility index (Phi) is 1.53. The van der Waals surface area contributed by atoms with Crippen molar-refractivity contribution in [3.63, 3.8) is 0 Å². The van der Waals surface area contributed by atoms with Crippen LogP contribution in [0.25, 0.3) is 0 Å². The van der Waals surface area contributed by atoms with Crippen LogP contribution in [0.15, 0.2) is 0 Å². The fraction of sp³-hybridized carbons (Fsp3) is 0.250. The van der Waals surface area contributed by atoms with E-state index in [1.807, 2.05) is 0 Å². The highest BCUT2D eigenvalue weighted by molar-refractivity contribution is 7.09. The third-order valence-corrected chi connectivity index (χ3v) is 1.24. The highest BCUT2D eigenvalue weighted by Gasteiger charge is 2.07. The average Bonchev–Trinajstić information content (AvgIpc) is 2.12. The molecule has 1 rings (SSSR count). The molecule has 0 aliphatic rings. The lowest BCUT2D eigenvalue weighted by atomic mass is 10.6. The smallest absolute Gasteiger partial charge is 0.231 e. The SMILES string of the molecule is FC(F)c1[c]n[c]s1. The van der Waals surface area contributed by atoms with Gasteiger partial charge >= 0.3 is 0 Å². The number of hydrogen-bond donors (Lipinski definition) is 0. The van der Waals surface area contributed by atoms with Crippen LogP contribution < -0.4 is 0 Å². The summed E-state index contributed by atoms with van der Waals surface area (Å²) in [4.78, 5) is 3.08. The van der Waals surface area contributed by atoms with Crippen molar-refractivity contribution in [1.82, 2.24) is 4.98 Å². The molecule has 8 heavy (non-hydrogen) atoms. The van der Waals surface area contributed by atoms with Gasteiger partial charge in [0.1, 0.15) is 11.1 Å². The van der Waals surface area contributed by atoms with Crippen LogP contribution in [0.5, 0.6) is 0 Å². The Labute approximate surface area is 49.0 Å². The highest BCUT2D eigenvalue weighted by atomic mass is 32.1. The summed E-state index contributed by atoms with van der Waals surface area (Å²) < 4.78 is 23.0. The molecule has 2 radical (unpaired) electrons. The third kappa shape index (κ3) is 1.01. The quantitative estimate of drug-likeness (QED) is 0.568. The molecule has 4 heteroatoms. The molecule has 0 amide bonds. The van der Waals surface area contributed by atoms with Crippen LogP contribution in [0.2, 0.25) is 0 Å². The first-order valence-corrected chi connectivity index (χ1v) is 2.65. The molecule has 0 fully saturated rings. The zero-order valence-corrected chi connectivity index (χ0v) is 4.51. The fourth-order valence-corrected chi connectivity index (χ4v) is 0.636. The maximum absolute atomic E-state index is 11.5. The molecule has 0 spiro atoms. The number of thiazole rings is 1. The van der Waals surface area contributed by atoms with E-state index in [2.05, 4.69) is 16.7 Å². The van der Waals surface area contributed by atoms with Crippen molar-refractivity contribution in [3.8, 4) is 0 Å². The third-order valence-electron chi connectivity index (χ3n) is 0.566. The Morgan fingerprint density at radius 1 is 1.62 bits per heavy atom. The van der Waals surface area contributed by atoms with Gasteiger partial charge in [0.15, 0.2) is 5.51 Å². The maximum atomic E-state index is 11.5. The summed E-state index contributed by atoms with van der Waals surface area (Å²) in [5, 5.41) is 0. The molecular formula is C4HF2NS. The van der Waals surface area contributed by atoms with Gasteiger partial charge in [0.25, 0.3) is 6.43 Å². The highest BCUT2D eigenvalue weighted by Crippen LogP contribution is 2.20. The maximum Gasteiger partial charge on any atom is 0.275 e. The van der Waals surface area contributed by atoms with Crippen LogP contribution in [0, 0.1) is 11.7 Å². The fourth-order valence-electron chi connectivity index (χ4n) is 0.266.